The minimum absolute atomic E-state index is 0.166. The van der Waals surface area contributed by atoms with Crippen molar-refractivity contribution in [2.75, 3.05) is 0 Å². The zero-order chi connectivity index (χ0) is 20.2. The highest BCUT2D eigenvalue weighted by molar-refractivity contribution is 5.83. The van der Waals surface area contributed by atoms with E-state index in [1.165, 1.54) is 11.1 Å². The molecule has 6 nitrogen and oxygen atoms in total. The quantitative estimate of drug-likeness (QED) is 0.398. The van der Waals surface area contributed by atoms with Gasteiger partial charge in [-0.3, -0.25) is 9.59 Å². The van der Waals surface area contributed by atoms with Crippen LogP contribution in [0.5, 0.6) is 0 Å². The van der Waals surface area contributed by atoms with Gasteiger partial charge < -0.3 is 0 Å². The average molecular weight is 378 g/mol. The highest BCUT2D eigenvalue weighted by Gasteiger charge is 2.03. The van der Waals surface area contributed by atoms with E-state index >= 15 is 0 Å². The summed E-state index contributed by atoms with van der Waals surface area (Å²) in [7, 11) is 0. The Hall–Kier alpha value is -3.28. The Morgan fingerprint density at radius 3 is 1.43 bits per heavy atom. The predicted molar refractivity (Wildman–Crippen MR) is 112 cm³/mol. The number of amides is 2. The minimum atomic E-state index is -0.166. The van der Waals surface area contributed by atoms with Crippen molar-refractivity contribution in [2.45, 2.75) is 39.5 Å². The van der Waals surface area contributed by atoms with E-state index in [0.29, 0.717) is 25.7 Å². The van der Waals surface area contributed by atoms with Gasteiger partial charge in [-0.25, -0.2) is 10.9 Å². The Morgan fingerprint density at radius 2 is 1.07 bits per heavy atom. The van der Waals surface area contributed by atoms with E-state index in [1.807, 2.05) is 62.4 Å². The lowest BCUT2D eigenvalue weighted by Crippen LogP contribution is -2.19. The summed E-state index contributed by atoms with van der Waals surface area (Å²) >= 11 is 0. The molecule has 0 aliphatic carbocycles. The first-order valence-electron chi connectivity index (χ1n) is 9.30. The van der Waals surface area contributed by atoms with Crippen molar-refractivity contribution in [1.29, 1.82) is 0 Å². The maximum atomic E-state index is 11.7. The molecule has 0 saturated heterocycles. The lowest BCUT2D eigenvalue weighted by atomic mass is 10.2. The van der Waals surface area contributed by atoms with Crippen LogP contribution >= 0.6 is 0 Å². The maximum absolute atomic E-state index is 11.7. The second kappa shape index (κ2) is 11.4. The molecule has 2 aromatic rings. The topological polar surface area (TPSA) is 82.9 Å². The molecule has 0 saturated carbocycles. The normalized spacial score (nSPS) is 11.1. The summed E-state index contributed by atoms with van der Waals surface area (Å²) in [5.74, 6) is -0.331. The molecule has 6 heteroatoms. The largest absolute Gasteiger partial charge is 0.273 e. The van der Waals surface area contributed by atoms with E-state index < -0.39 is 0 Å². The summed E-state index contributed by atoms with van der Waals surface area (Å²) in [5.41, 5.74) is 9.19. The van der Waals surface area contributed by atoms with Gasteiger partial charge in [0.1, 0.15) is 0 Å². The number of nitrogens with one attached hydrogen (secondary N) is 2. The highest BCUT2D eigenvalue weighted by Crippen LogP contribution is 2.02. The zero-order valence-corrected chi connectivity index (χ0v) is 16.3. The molecule has 2 N–H and O–H groups in total. The van der Waals surface area contributed by atoms with Gasteiger partial charge in [0.2, 0.25) is 11.8 Å². The first kappa shape index (κ1) is 21.0. The van der Waals surface area contributed by atoms with Gasteiger partial charge in [-0.1, -0.05) is 59.7 Å². The Morgan fingerprint density at radius 1 is 0.714 bits per heavy atom. The van der Waals surface area contributed by atoms with Crippen molar-refractivity contribution in [3.8, 4) is 0 Å². The molecule has 0 radical (unpaired) electrons. The number of benzene rings is 2. The molecule has 2 rings (SSSR count). The fraction of sp³-hybridized carbons (Fsp3) is 0.273. The Balaban J connectivity index is 1.57. The second-order valence-corrected chi connectivity index (χ2v) is 6.61. The van der Waals surface area contributed by atoms with Gasteiger partial charge in [-0.2, -0.15) is 10.2 Å². The SMILES string of the molecule is Cc1ccc(/C=N\NC(=O)CCCCC(=O)N/N=C\c2ccc(C)cc2)cc1. The molecule has 0 spiro atoms. The number of hydrazone groups is 2. The van der Waals surface area contributed by atoms with Crippen LogP contribution in [0, 0.1) is 13.8 Å². The summed E-state index contributed by atoms with van der Waals surface area (Å²) in [5, 5.41) is 7.87. The number of carbonyl (C=O) groups excluding carboxylic acids is 2. The van der Waals surface area contributed by atoms with Crippen LogP contribution in [0.2, 0.25) is 0 Å². The third-order valence-electron chi connectivity index (χ3n) is 4.02. The monoisotopic (exact) mass is 378 g/mol. The van der Waals surface area contributed by atoms with Crippen LogP contribution in [-0.4, -0.2) is 24.2 Å². The van der Waals surface area contributed by atoms with Crippen LogP contribution in [0.25, 0.3) is 0 Å². The summed E-state index contributed by atoms with van der Waals surface area (Å²) in [6.45, 7) is 4.03. The number of hydrogen-bond donors (Lipinski definition) is 2. The van der Waals surface area contributed by atoms with E-state index in [9.17, 15) is 9.59 Å². The van der Waals surface area contributed by atoms with Crippen molar-refractivity contribution >= 4 is 24.2 Å². The molecule has 2 amide bonds. The molecular weight excluding hydrogens is 352 g/mol. The van der Waals surface area contributed by atoms with E-state index in [4.69, 9.17) is 0 Å². The summed E-state index contributed by atoms with van der Waals surface area (Å²) in [4.78, 5) is 23.5. The fourth-order valence-electron chi connectivity index (χ4n) is 2.35. The number of aryl methyl sites for hydroxylation is 2. The molecule has 28 heavy (non-hydrogen) atoms. The van der Waals surface area contributed by atoms with E-state index in [1.54, 1.807) is 12.4 Å². The zero-order valence-electron chi connectivity index (χ0n) is 16.3. The molecule has 2 aromatic carbocycles. The molecule has 146 valence electrons. The lowest BCUT2D eigenvalue weighted by Gasteiger charge is -2.01. The number of unbranched alkanes of at least 4 members (excludes halogenated alkanes) is 1. The third-order valence-corrected chi connectivity index (χ3v) is 4.02. The van der Waals surface area contributed by atoms with Gasteiger partial charge in [-0.05, 0) is 37.8 Å². The van der Waals surface area contributed by atoms with E-state index in [2.05, 4.69) is 21.1 Å². The summed E-state index contributed by atoms with van der Waals surface area (Å²) in [6.07, 6.45) is 5.09. The summed E-state index contributed by atoms with van der Waals surface area (Å²) < 4.78 is 0. The van der Waals surface area contributed by atoms with Crippen LogP contribution in [0.1, 0.15) is 47.9 Å². The Bertz CT molecular complexity index is 753. The Labute approximate surface area is 165 Å². The predicted octanol–water partition coefficient (Wildman–Crippen LogP) is 3.46. The number of hydrogen-bond acceptors (Lipinski definition) is 4. The van der Waals surface area contributed by atoms with Gasteiger partial charge in [-0.15, -0.1) is 0 Å². The van der Waals surface area contributed by atoms with Gasteiger partial charge in [0, 0.05) is 12.8 Å². The molecule has 0 unspecified atom stereocenters. The lowest BCUT2D eigenvalue weighted by molar-refractivity contribution is -0.123. The van der Waals surface area contributed by atoms with Crippen LogP contribution in [-0.2, 0) is 9.59 Å². The summed E-state index contributed by atoms with van der Waals surface area (Å²) in [6, 6.07) is 15.7. The first-order chi connectivity index (χ1) is 13.5. The van der Waals surface area contributed by atoms with E-state index in [0.717, 1.165) is 11.1 Å². The molecule has 0 aliphatic rings. The molecular formula is C22H26N4O2. The highest BCUT2D eigenvalue weighted by atomic mass is 16.2. The standard InChI is InChI=1S/C22H26N4O2/c1-17-7-11-19(12-8-17)15-23-25-21(27)5-3-4-6-22(28)26-24-16-20-13-9-18(2)10-14-20/h7-16H,3-6H2,1-2H3,(H,25,27)(H,26,28)/b23-15-,24-16-. The van der Waals surface area contributed by atoms with Crippen LogP contribution in [0.4, 0.5) is 0 Å². The average Bonchev–Trinajstić information content (AvgIpc) is 2.68. The van der Waals surface area contributed by atoms with Crippen molar-refractivity contribution in [1.82, 2.24) is 10.9 Å². The first-order valence-corrected chi connectivity index (χ1v) is 9.30. The molecule has 0 bridgehead atoms. The van der Waals surface area contributed by atoms with Crippen molar-refractivity contribution in [2.24, 2.45) is 10.2 Å². The molecule has 0 fully saturated rings. The molecule has 0 atom stereocenters. The number of nitrogens with zero attached hydrogens (tertiary/aromatic N) is 2. The van der Waals surface area contributed by atoms with Crippen molar-refractivity contribution < 1.29 is 9.59 Å². The van der Waals surface area contributed by atoms with Gasteiger partial charge in [0.25, 0.3) is 0 Å². The molecule has 0 heterocycles. The smallest absolute Gasteiger partial charge is 0.240 e. The second-order valence-electron chi connectivity index (χ2n) is 6.61. The van der Waals surface area contributed by atoms with Gasteiger partial charge in [0.15, 0.2) is 0 Å². The molecule has 0 aromatic heterocycles. The number of carbonyl (C=O) groups is 2. The van der Waals surface area contributed by atoms with Crippen molar-refractivity contribution in [3.63, 3.8) is 0 Å². The van der Waals surface area contributed by atoms with Crippen LogP contribution in [0.15, 0.2) is 58.7 Å². The van der Waals surface area contributed by atoms with Gasteiger partial charge >= 0.3 is 0 Å². The van der Waals surface area contributed by atoms with Crippen LogP contribution < -0.4 is 10.9 Å². The third kappa shape index (κ3) is 8.40. The van der Waals surface area contributed by atoms with E-state index in [-0.39, 0.29) is 11.8 Å². The van der Waals surface area contributed by atoms with Crippen molar-refractivity contribution in [3.05, 3.63) is 70.8 Å². The maximum Gasteiger partial charge on any atom is 0.240 e. The number of rotatable bonds is 9. The minimum Gasteiger partial charge on any atom is -0.273 e. The fourth-order valence-corrected chi connectivity index (χ4v) is 2.35. The molecule has 0 aliphatic heterocycles. The van der Waals surface area contributed by atoms with Gasteiger partial charge in [0.05, 0.1) is 12.4 Å². The van der Waals surface area contributed by atoms with Crippen LogP contribution in [0.3, 0.4) is 0 Å². The Kier molecular flexibility index (Phi) is 8.59.